The number of pyridine rings is 1. The first-order chi connectivity index (χ1) is 8.93. The van der Waals surface area contributed by atoms with Crippen LogP contribution in [0.15, 0.2) is 30.6 Å². The normalized spacial score (nSPS) is 11.6. The molecule has 0 spiro atoms. The van der Waals surface area contributed by atoms with E-state index in [1.165, 1.54) is 16.9 Å². The maximum atomic E-state index is 12.4. The van der Waals surface area contributed by atoms with Crippen LogP contribution in [-0.4, -0.2) is 20.5 Å². The fraction of sp³-hybridized carbons (Fsp3) is 0.250. The van der Waals surface area contributed by atoms with E-state index in [0.717, 1.165) is 12.1 Å². The van der Waals surface area contributed by atoms with Crippen molar-refractivity contribution in [2.45, 2.75) is 19.6 Å². The molecule has 0 amide bonds. The quantitative estimate of drug-likeness (QED) is 0.804. The Morgan fingerprint density at radius 2 is 2.05 bits per heavy atom. The lowest BCUT2D eigenvalue weighted by molar-refractivity contribution is -0.137. The maximum Gasteiger partial charge on any atom is 0.417 e. The summed E-state index contributed by atoms with van der Waals surface area (Å²) in [5.41, 5.74) is -0.619. The van der Waals surface area contributed by atoms with E-state index in [2.05, 4.69) is 10.1 Å². The number of ketones is 1. The summed E-state index contributed by atoms with van der Waals surface area (Å²) < 4.78 is 38.6. The predicted molar refractivity (Wildman–Crippen MR) is 60.6 cm³/mol. The van der Waals surface area contributed by atoms with Crippen LogP contribution in [-0.2, 0) is 12.7 Å². The van der Waals surface area contributed by atoms with Gasteiger partial charge in [0.25, 0.3) is 0 Å². The highest BCUT2D eigenvalue weighted by molar-refractivity contribution is 6.06. The number of nitrogens with zero attached hydrogens (tertiary/aromatic N) is 3. The molecule has 100 valence electrons. The van der Waals surface area contributed by atoms with Crippen LogP contribution in [0.2, 0.25) is 0 Å². The second kappa shape index (κ2) is 4.83. The summed E-state index contributed by atoms with van der Waals surface area (Å²) in [5, 5.41) is 3.93. The molecule has 4 nitrogen and oxygen atoms in total. The molecule has 0 aliphatic rings. The lowest BCUT2D eigenvalue weighted by Gasteiger charge is -2.07. The summed E-state index contributed by atoms with van der Waals surface area (Å²) in [4.78, 5) is 15.6. The zero-order chi connectivity index (χ0) is 14.0. The van der Waals surface area contributed by atoms with Crippen molar-refractivity contribution in [3.63, 3.8) is 0 Å². The average Bonchev–Trinajstić information content (AvgIpc) is 2.85. The molecule has 2 heterocycles. The monoisotopic (exact) mass is 269 g/mol. The Morgan fingerprint density at radius 1 is 1.32 bits per heavy atom. The number of aromatic nitrogens is 3. The van der Waals surface area contributed by atoms with E-state index in [4.69, 9.17) is 0 Å². The molecule has 0 radical (unpaired) electrons. The molecule has 2 aromatic rings. The summed E-state index contributed by atoms with van der Waals surface area (Å²) in [6, 6.07) is 3.41. The summed E-state index contributed by atoms with van der Waals surface area (Å²) in [5.74, 6) is -0.451. The van der Waals surface area contributed by atoms with Gasteiger partial charge in [0.05, 0.1) is 5.56 Å². The largest absolute Gasteiger partial charge is 0.417 e. The minimum Gasteiger partial charge on any atom is -0.285 e. The number of carbonyl (C=O) groups is 1. The van der Waals surface area contributed by atoms with Gasteiger partial charge in [0.1, 0.15) is 11.4 Å². The van der Waals surface area contributed by atoms with Gasteiger partial charge in [-0.25, -0.2) is 0 Å². The zero-order valence-corrected chi connectivity index (χ0v) is 9.98. The predicted octanol–water partition coefficient (Wildman–Crippen LogP) is 2.55. The van der Waals surface area contributed by atoms with E-state index in [0.29, 0.717) is 18.4 Å². The second-order valence-electron chi connectivity index (χ2n) is 3.79. The Hall–Kier alpha value is -2.18. The van der Waals surface area contributed by atoms with Crippen molar-refractivity contribution in [2.24, 2.45) is 0 Å². The molecule has 19 heavy (non-hydrogen) atoms. The first kappa shape index (κ1) is 13.3. The number of hydrogen-bond acceptors (Lipinski definition) is 3. The van der Waals surface area contributed by atoms with E-state index < -0.39 is 17.5 Å². The lowest BCUT2D eigenvalue weighted by atomic mass is 10.1. The van der Waals surface area contributed by atoms with Gasteiger partial charge in [-0.1, -0.05) is 0 Å². The first-order valence-electron chi connectivity index (χ1n) is 5.53. The number of rotatable bonds is 3. The van der Waals surface area contributed by atoms with E-state index in [9.17, 15) is 18.0 Å². The van der Waals surface area contributed by atoms with Gasteiger partial charge in [-0.05, 0) is 25.1 Å². The molecule has 0 atom stereocenters. The molecular formula is C12H10F3N3O. The van der Waals surface area contributed by atoms with Crippen molar-refractivity contribution >= 4 is 5.78 Å². The summed E-state index contributed by atoms with van der Waals surface area (Å²) in [6.07, 6.45) is -2.35. The van der Waals surface area contributed by atoms with Gasteiger partial charge in [-0.15, -0.1) is 0 Å². The van der Waals surface area contributed by atoms with Gasteiger partial charge in [0.2, 0.25) is 5.78 Å². The van der Waals surface area contributed by atoms with E-state index >= 15 is 0 Å². The second-order valence-corrected chi connectivity index (χ2v) is 3.79. The Labute approximate surface area is 106 Å². The van der Waals surface area contributed by atoms with Gasteiger partial charge in [0, 0.05) is 18.9 Å². The number of carbonyl (C=O) groups excluding carboxylic acids is 1. The molecule has 0 N–H and O–H groups in total. The Bertz CT molecular complexity index is 587. The van der Waals surface area contributed by atoms with Gasteiger partial charge in [-0.2, -0.15) is 18.3 Å². The minimum atomic E-state index is -4.46. The van der Waals surface area contributed by atoms with Crippen LogP contribution < -0.4 is 0 Å². The van der Waals surface area contributed by atoms with Crippen molar-refractivity contribution in [2.75, 3.05) is 0 Å². The minimum absolute atomic E-state index is 0.0387. The van der Waals surface area contributed by atoms with Crippen molar-refractivity contribution in [1.29, 1.82) is 0 Å². The highest BCUT2D eigenvalue weighted by Gasteiger charge is 2.31. The molecular weight excluding hydrogens is 259 g/mol. The summed E-state index contributed by atoms with van der Waals surface area (Å²) in [6.45, 7) is 2.30. The molecule has 2 aromatic heterocycles. The molecule has 0 bridgehead atoms. The molecule has 7 heteroatoms. The first-order valence-corrected chi connectivity index (χ1v) is 5.53. The lowest BCUT2D eigenvalue weighted by Crippen LogP contribution is -2.13. The van der Waals surface area contributed by atoms with Crippen molar-refractivity contribution in [3.05, 3.63) is 47.5 Å². The smallest absolute Gasteiger partial charge is 0.285 e. The van der Waals surface area contributed by atoms with Crippen LogP contribution in [0.5, 0.6) is 0 Å². The molecule has 0 aromatic carbocycles. The van der Waals surface area contributed by atoms with Crippen molar-refractivity contribution in [3.8, 4) is 0 Å². The standard InChI is InChI=1S/C12H10F3N3O/c1-2-18-10(5-6-17-18)11(19)9-4-3-8(7-16-9)12(13,14)15/h3-7H,2H2,1H3. The highest BCUT2D eigenvalue weighted by atomic mass is 19.4. The Kier molecular flexibility index (Phi) is 3.37. The van der Waals surface area contributed by atoms with Crippen molar-refractivity contribution < 1.29 is 18.0 Å². The third kappa shape index (κ3) is 2.64. The van der Waals surface area contributed by atoms with Gasteiger partial charge < -0.3 is 0 Å². The number of aryl methyl sites for hydroxylation is 1. The average molecular weight is 269 g/mol. The highest BCUT2D eigenvalue weighted by Crippen LogP contribution is 2.28. The van der Waals surface area contributed by atoms with Gasteiger partial charge in [0.15, 0.2) is 0 Å². The number of hydrogen-bond donors (Lipinski definition) is 0. The molecule has 0 saturated carbocycles. The maximum absolute atomic E-state index is 12.4. The Morgan fingerprint density at radius 3 is 2.58 bits per heavy atom. The van der Waals surface area contributed by atoms with Gasteiger partial charge in [-0.3, -0.25) is 14.5 Å². The van der Waals surface area contributed by atoms with Crippen LogP contribution in [0.25, 0.3) is 0 Å². The molecule has 0 fully saturated rings. The molecule has 2 rings (SSSR count). The van der Waals surface area contributed by atoms with E-state index in [1.54, 1.807) is 0 Å². The van der Waals surface area contributed by atoms with E-state index in [1.807, 2.05) is 6.92 Å². The molecule has 0 aliphatic heterocycles. The van der Waals surface area contributed by atoms with E-state index in [-0.39, 0.29) is 5.69 Å². The van der Waals surface area contributed by atoms with Crippen LogP contribution in [0, 0.1) is 0 Å². The summed E-state index contributed by atoms with van der Waals surface area (Å²) >= 11 is 0. The third-order valence-electron chi connectivity index (χ3n) is 2.57. The van der Waals surface area contributed by atoms with Crippen LogP contribution >= 0.6 is 0 Å². The fourth-order valence-corrected chi connectivity index (χ4v) is 1.60. The SMILES string of the molecule is CCn1nccc1C(=O)c1ccc(C(F)(F)F)cn1. The Balaban J connectivity index is 2.30. The topological polar surface area (TPSA) is 47.8 Å². The van der Waals surface area contributed by atoms with Crippen LogP contribution in [0.4, 0.5) is 13.2 Å². The molecule has 0 saturated heterocycles. The molecule has 0 unspecified atom stereocenters. The number of alkyl halides is 3. The van der Waals surface area contributed by atoms with Crippen LogP contribution in [0.1, 0.15) is 28.7 Å². The van der Waals surface area contributed by atoms with Crippen LogP contribution in [0.3, 0.4) is 0 Å². The van der Waals surface area contributed by atoms with Crippen molar-refractivity contribution in [1.82, 2.24) is 14.8 Å². The molecule has 0 aliphatic carbocycles. The summed E-state index contributed by atoms with van der Waals surface area (Å²) in [7, 11) is 0. The third-order valence-corrected chi connectivity index (χ3v) is 2.57. The number of halogens is 3. The zero-order valence-electron chi connectivity index (χ0n) is 9.98. The fourth-order valence-electron chi connectivity index (χ4n) is 1.60. The van der Waals surface area contributed by atoms with Gasteiger partial charge >= 0.3 is 6.18 Å².